The molecule has 4 aromatic rings. The van der Waals surface area contributed by atoms with Gasteiger partial charge in [0.15, 0.2) is 5.82 Å². The number of aromatic nitrogens is 5. The SMILES string of the molecule is Cc1cccc2cc([C@H](c3nnnn3C[C@H]3CCCO3)N3CCN(Cc4ccccc4)CC3)c(=O)[nH]c12. The molecule has 2 aromatic carbocycles. The average Bonchev–Trinajstić information content (AvgIpc) is 3.60. The maximum atomic E-state index is 13.5. The summed E-state index contributed by atoms with van der Waals surface area (Å²) in [5.41, 5.74) is 3.83. The number of pyridine rings is 1. The number of aromatic amines is 1. The molecule has 0 spiro atoms. The van der Waals surface area contributed by atoms with Crippen LogP contribution in [0.4, 0.5) is 0 Å². The van der Waals surface area contributed by atoms with Crippen molar-refractivity contribution in [2.24, 2.45) is 0 Å². The van der Waals surface area contributed by atoms with Crippen LogP contribution in [0.1, 0.15) is 41.4 Å². The third kappa shape index (κ3) is 5.07. The van der Waals surface area contributed by atoms with Gasteiger partial charge in [0, 0.05) is 44.9 Å². The number of H-pyrrole nitrogens is 1. The predicted octanol–water partition coefficient (Wildman–Crippen LogP) is 2.91. The van der Waals surface area contributed by atoms with E-state index in [9.17, 15) is 4.79 Å². The fourth-order valence-electron chi connectivity index (χ4n) is 5.64. The number of para-hydroxylation sites is 1. The minimum absolute atomic E-state index is 0.0924. The monoisotopic (exact) mass is 499 g/mol. The molecule has 0 unspecified atom stereocenters. The summed E-state index contributed by atoms with van der Waals surface area (Å²) in [6.45, 7) is 7.75. The number of benzene rings is 2. The van der Waals surface area contributed by atoms with E-state index < -0.39 is 0 Å². The van der Waals surface area contributed by atoms with Gasteiger partial charge in [-0.1, -0.05) is 48.5 Å². The second-order valence-electron chi connectivity index (χ2n) is 10.1. The van der Waals surface area contributed by atoms with Crippen LogP contribution in [0.2, 0.25) is 0 Å². The number of fused-ring (bicyclic) bond motifs is 1. The van der Waals surface area contributed by atoms with E-state index in [0.29, 0.717) is 17.9 Å². The van der Waals surface area contributed by atoms with Crippen molar-refractivity contribution in [3.05, 3.63) is 87.5 Å². The lowest BCUT2D eigenvalue weighted by molar-refractivity contribution is 0.0840. The van der Waals surface area contributed by atoms with Crippen molar-refractivity contribution >= 4 is 10.9 Å². The Hall–Kier alpha value is -3.40. The van der Waals surface area contributed by atoms with E-state index in [1.165, 1.54) is 5.56 Å². The summed E-state index contributed by atoms with van der Waals surface area (Å²) < 4.78 is 7.72. The Labute approximate surface area is 216 Å². The minimum Gasteiger partial charge on any atom is -0.376 e. The fourth-order valence-corrected chi connectivity index (χ4v) is 5.64. The van der Waals surface area contributed by atoms with Gasteiger partial charge in [-0.3, -0.25) is 14.6 Å². The van der Waals surface area contributed by atoms with E-state index >= 15 is 0 Å². The first-order chi connectivity index (χ1) is 18.2. The molecule has 192 valence electrons. The van der Waals surface area contributed by atoms with Crippen LogP contribution in [0.3, 0.4) is 0 Å². The molecular formula is C28H33N7O2. The number of piperazine rings is 1. The summed E-state index contributed by atoms with van der Waals surface area (Å²) in [4.78, 5) is 21.5. The Balaban J connectivity index is 1.33. The maximum Gasteiger partial charge on any atom is 0.253 e. The molecule has 9 heteroatoms. The Bertz CT molecular complexity index is 1400. The molecule has 0 amide bonds. The first kappa shape index (κ1) is 24.0. The zero-order chi connectivity index (χ0) is 25.2. The molecule has 0 bridgehead atoms. The summed E-state index contributed by atoms with van der Waals surface area (Å²) in [5.74, 6) is 0.699. The average molecular weight is 500 g/mol. The van der Waals surface area contributed by atoms with Crippen molar-refractivity contribution in [3.63, 3.8) is 0 Å². The van der Waals surface area contributed by atoms with Gasteiger partial charge in [-0.05, 0) is 52.8 Å². The molecule has 0 radical (unpaired) electrons. The van der Waals surface area contributed by atoms with E-state index in [0.717, 1.165) is 68.6 Å². The normalized spacial score (nSPS) is 20.0. The summed E-state index contributed by atoms with van der Waals surface area (Å²) in [6, 6.07) is 18.3. The number of aryl methyl sites for hydroxylation is 1. The van der Waals surface area contributed by atoms with Crippen LogP contribution in [0.5, 0.6) is 0 Å². The molecule has 6 rings (SSSR count). The number of hydrogen-bond acceptors (Lipinski definition) is 7. The van der Waals surface area contributed by atoms with Gasteiger partial charge in [0.05, 0.1) is 18.2 Å². The lowest BCUT2D eigenvalue weighted by atomic mass is 10.0. The molecule has 1 N–H and O–H groups in total. The van der Waals surface area contributed by atoms with E-state index in [4.69, 9.17) is 4.74 Å². The summed E-state index contributed by atoms with van der Waals surface area (Å²) >= 11 is 0. The highest BCUT2D eigenvalue weighted by Crippen LogP contribution is 2.29. The van der Waals surface area contributed by atoms with Crippen molar-refractivity contribution < 1.29 is 4.74 Å². The van der Waals surface area contributed by atoms with Crippen LogP contribution in [-0.4, -0.2) is 73.9 Å². The van der Waals surface area contributed by atoms with Crippen molar-refractivity contribution in [1.29, 1.82) is 0 Å². The quantitative estimate of drug-likeness (QED) is 0.418. The van der Waals surface area contributed by atoms with Crippen LogP contribution in [0.25, 0.3) is 10.9 Å². The largest absolute Gasteiger partial charge is 0.376 e. The zero-order valence-electron chi connectivity index (χ0n) is 21.2. The van der Waals surface area contributed by atoms with Crippen molar-refractivity contribution in [1.82, 2.24) is 35.0 Å². The smallest absolute Gasteiger partial charge is 0.253 e. The summed E-state index contributed by atoms with van der Waals surface area (Å²) in [7, 11) is 0. The van der Waals surface area contributed by atoms with E-state index in [1.807, 2.05) is 35.9 Å². The lowest BCUT2D eigenvalue weighted by Crippen LogP contribution is -2.48. The first-order valence-corrected chi connectivity index (χ1v) is 13.2. The van der Waals surface area contributed by atoms with Crippen LogP contribution >= 0.6 is 0 Å². The lowest BCUT2D eigenvalue weighted by Gasteiger charge is -2.38. The fraction of sp³-hybridized carbons (Fsp3) is 0.429. The highest BCUT2D eigenvalue weighted by Gasteiger charge is 2.33. The van der Waals surface area contributed by atoms with Gasteiger partial charge < -0.3 is 9.72 Å². The van der Waals surface area contributed by atoms with Crippen LogP contribution in [0, 0.1) is 6.92 Å². The second kappa shape index (κ2) is 10.5. The molecule has 2 aliphatic rings. The topological polar surface area (TPSA) is 92.2 Å². The Morgan fingerprint density at radius 3 is 2.70 bits per heavy atom. The first-order valence-electron chi connectivity index (χ1n) is 13.2. The molecular weight excluding hydrogens is 466 g/mol. The van der Waals surface area contributed by atoms with Gasteiger partial charge in [-0.2, -0.15) is 0 Å². The summed E-state index contributed by atoms with van der Waals surface area (Å²) in [6.07, 6.45) is 2.15. The van der Waals surface area contributed by atoms with Gasteiger partial charge in [0.1, 0.15) is 6.04 Å². The number of rotatable bonds is 7. The predicted molar refractivity (Wildman–Crippen MR) is 141 cm³/mol. The molecule has 2 saturated heterocycles. The van der Waals surface area contributed by atoms with Crippen molar-refractivity contribution in [2.45, 2.75) is 45.0 Å². The Morgan fingerprint density at radius 2 is 1.92 bits per heavy atom. The van der Waals surface area contributed by atoms with E-state index in [2.05, 4.69) is 60.6 Å². The van der Waals surface area contributed by atoms with Gasteiger partial charge in [0.25, 0.3) is 5.56 Å². The molecule has 37 heavy (non-hydrogen) atoms. The standard InChI is InChI=1S/C28H33N7O2/c1-20-7-5-10-22-17-24(28(36)29-25(20)22)26(27-30-31-32-35(27)19-23-11-6-16-37-23)34-14-12-33(13-15-34)18-21-8-3-2-4-9-21/h2-5,7-10,17,23,26H,6,11-16,18-19H2,1H3,(H,29,36)/t23-,26-/m1/s1. The van der Waals surface area contributed by atoms with Crippen molar-refractivity contribution in [2.75, 3.05) is 32.8 Å². The van der Waals surface area contributed by atoms with E-state index in [-0.39, 0.29) is 17.7 Å². The van der Waals surface area contributed by atoms with Crippen molar-refractivity contribution in [3.8, 4) is 0 Å². The van der Waals surface area contributed by atoms with Crippen LogP contribution in [0.15, 0.2) is 59.4 Å². The molecule has 2 aromatic heterocycles. The van der Waals surface area contributed by atoms with Gasteiger partial charge in [-0.15, -0.1) is 5.10 Å². The van der Waals surface area contributed by atoms with Gasteiger partial charge in [-0.25, -0.2) is 4.68 Å². The molecule has 2 aliphatic heterocycles. The molecule has 0 saturated carbocycles. The third-order valence-corrected chi connectivity index (χ3v) is 7.64. The number of ether oxygens (including phenoxy) is 1. The molecule has 2 atom stereocenters. The number of nitrogens with zero attached hydrogens (tertiary/aromatic N) is 6. The maximum absolute atomic E-state index is 13.5. The number of hydrogen-bond donors (Lipinski definition) is 1. The van der Waals surface area contributed by atoms with Crippen LogP contribution < -0.4 is 5.56 Å². The Kier molecular flexibility index (Phi) is 6.82. The molecule has 2 fully saturated rings. The number of nitrogens with one attached hydrogen (secondary N) is 1. The van der Waals surface area contributed by atoms with Gasteiger partial charge >= 0.3 is 0 Å². The Morgan fingerprint density at radius 1 is 1.08 bits per heavy atom. The highest BCUT2D eigenvalue weighted by atomic mass is 16.5. The summed E-state index contributed by atoms with van der Waals surface area (Å²) in [5, 5.41) is 13.9. The minimum atomic E-state index is -0.344. The second-order valence-corrected chi connectivity index (χ2v) is 10.1. The van der Waals surface area contributed by atoms with Gasteiger partial charge in [0.2, 0.25) is 0 Å². The molecule has 0 aliphatic carbocycles. The third-order valence-electron chi connectivity index (χ3n) is 7.64. The molecule has 9 nitrogen and oxygen atoms in total. The van der Waals surface area contributed by atoms with E-state index in [1.54, 1.807) is 0 Å². The zero-order valence-corrected chi connectivity index (χ0v) is 21.2. The van der Waals surface area contributed by atoms with Crippen LogP contribution in [-0.2, 0) is 17.8 Å². The highest BCUT2D eigenvalue weighted by molar-refractivity contribution is 5.82. The molecule has 4 heterocycles. The number of tetrazole rings is 1.